The van der Waals surface area contributed by atoms with Crippen molar-refractivity contribution in [3.63, 3.8) is 0 Å². The molecule has 1 aliphatic carbocycles. The van der Waals surface area contributed by atoms with E-state index in [1.165, 1.54) is 4.90 Å². The fraction of sp³-hybridized carbons (Fsp3) is 0.406. The molecular weight excluding hydrogens is 518 g/mol. The van der Waals surface area contributed by atoms with Gasteiger partial charge in [0.25, 0.3) is 0 Å². The number of amides is 2. The first-order chi connectivity index (χ1) is 19.5. The van der Waals surface area contributed by atoms with Gasteiger partial charge in [0.2, 0.25) is 5.91 Å². The minimum absolute atomic E-state index is 0.0280. The second-order valence-electron chi connectivity index (χ2n) is 12.5. The number of carbonyl (C=O) groups is 2. The van der Waals surface area contributed by atoms with Gasteiger partial charge >= 0.3 is 6.09 Å². The van der Waals surface area contributed by atoms with Crippen LogP contribution in [0.5, 0.6) is 0 Å². The summed E-state index contributed by atoms with van der Waals surface area (Å²) in [5.74, 6) is 1.53. The molecule has 3 aromatic rings. The molecule has 2 aromatic carbocycles. The molecule has 0 bridgehead atoms. The third-order valence-corrected chi connectivity index (χ3v) is 8.46. The second-order valence-corrected chi connectivity index (χ2v) is 12.5. The van der Waals surface area contributed by atoms with Gasteiger partial charge in [-0.2, -0.15) is 0 Å². The highest BCUT2D eigenvalue weighted by atomic mass is 16.6. The minimum Gasteiger partial charge on any atom is -0.443 e. The number of imide groups is 1. The average Bonchev–Trinajstić information content (AvgIpc) is 3.44. The van der Waals surface area contributed by atoms with Crippen LogP contribution in [0.15, 0.2) is 47.6 Å². The van der Waals surface area contributed by atoms with Crippen molar-refractivity contribution in [1.29, 1.82) is 0 Å². The van der Waals surface area contributed by atoms with Crippen LogP contribution in [0, 0.1) is 13.8 Å². The van der Waals surface area contributed by atoms with Crippen LogP contribution in [-0.2, 0) is 26.2 Å². The van der Waals surface area contributed by atoms with E-state index in [2.05, 4.69) is 28.5 Å². The molecule has 3 aliphatic heterocycles. The molecule has 0 unspecified atom stereocenters. The maximum atomic E-state index is 14.0. The summed E-state index contributed by atoms with van der Waals surface area (Å²) in [5, 5.41) is 3.41. The molecule has 4 heterocycles. The summed E-state index contributed by atoms with van der Waals surface area (Å²) < 4.78 is 10.9. The molecule has 210 valence electrons. The number of nitrogens with zero attached hydrogens (tertiary/aromatic N) is 4. The van der Waals surface area contributed by atoms with Gasteiger partial charge < -0.3 is 14.8 Å². The highest BCUT2D eigenvalue weighted by Crippen LogP contribution is 2.66. The Kier molecular flexibility index (Phi) is 5.64. The predicted molar refractivity (Wildman–Crippen MR) is 155 cm³/mol. The summed E-state index contributed by atoms with van der Waals surface area (Å²) in [7, 11) is 0. The Balaban J connectivity index is 1.15. The largest absolute Gasteiger partial charge is 0.443 e. The molecule has 1 saturated heterocycles. The van der Waals surface area contributed by atoms with Crippen molar-refractivity contribution in [1.82, 2.24) is 9.97 Å². The molecule has 41 heavy (non-hydrogen) atoms. The number of aromatic nitrogens is 2. The Labute approximate surface area is 239 Å². The van der Waals surface area contributed by atoms with E-state index in [0.29, 0.717) is 37.7 Å². The number of carbonyl (C=O) groups excluding carboxylic acids is 2. The van der Waals surface area contributed by atoms with Gasteiger partial charge in [-0.3, -0.25) is 14.8 Å². The number of hydrogen-bond donors (Lipinski definition) is 1. The lowest BCUT2D eigenvalue weighted by atomic mass is 9.90. The van der Waals surface area contributed by atoms with E-state index in [9.17, 15) is 9.59 Å². The maximum absolute atomic E-state index is 14.0. The number of aliphatic imine (C=N–C) groups is 1. The third-order valence-electron chi connectivity index (χ3n) is 8.46. The molecule has 9 nitrogen and oxygen atoms in total. The zero-order valence-electron chi connectivity index (χ0n) is 23.9. The maximum Gasteiger partial charge on any atom is 0.421 e. The first kappa shape index (κ1) is 25.8. The lowest BCUT2D eigenvalue weighted by Crippen LogP contribution is -2.41. The van der Waals surface area contributed by atoms with E-state index in [-0.39, 0.29) is 17.7 Å². The molecule has 7 rings (SSSR count). The number of aryl methyl sites for hydroxylation is 2. The molecule has 2 atom stereocenters. The molecule has 9 heteroatoms. The van der Waals surface area contributed by atoms with Crippen LogP contribution < -0.4 is 10.2 Å². The number of nitrogens with one attached hydrogen (secondary N) is 1. The van der Waals surface area contributed by atoms with Crippen molar-refractivity contribution >= 4 is 29.3 Å². The summed E-state index contributed by atoms with van der Waals surface area (Å²) in [4.78, 5) is 42.5. The van der Waals surface area contributed by atoms with E-state index in [1.54, 1.807) is 20.8 Å². The zero-order valence-corrected chi connectivity index (χ0v) is 23.9. The van der Waals surface area contributed by atoms with Gasteiger partial charge in [-0.05, 0) is 63.8 Å². The van der Waals surface area contributed by atoms with E-state index in [0.717, 1.165) is 45.0 Å². The van der Waals surface area contributed by atoms with Crippen molar-refractivity contribution in [2.75, 3.05) is 23.4 Å². The monoisotopic (exact) mass is 551 g/mol. The Bertz CT molecular complexity index is 1650. The lowest BCUT2D eigenvalue weighted by Gasteiger charge is -2.25. The minimum atomic E-state index is -0.759. The van der Waals surface area contributed by atoms with Crippen LogP contribution in [0.1, 0.15) is 78.2 Å². The summed E-state index contributed by atoms with van der Waals surface area (Å²) >= 11 is 0. The zero-order chi connectivity index (χ0) is 28.7. The Morgan fingerprint density at radius 1 is 1.15 bits per heavy atom. The Hall–Kier alpha value is -4.11. The van der Waals surface area contributed by atoms with Crippen LogP contribution in [0.3, 0.4) is 0 Å². The molecule has 1 spiro atoms. The van der Waals surface area contributed by atoms with Gasteiger partial charge in [0.1, 0.15) is 11.4 Å². The summed E-state index contributed by atoms with van der Waals surface area (Å²) in [6.45, 7) is 11.3. The third kappa shape index (κ3) is 4.13. The van der Waals surface area contributed by atoms with E-state index >= 15 is 0 Å². The number of benzene rings is 2. The van der Waals surface area contributed by atoms with Gasteiger partial charge in [0.05, 0.1) is 42.2 Å². The summed E-state index contributed by atoms with van der Waals surface area (Å²) in [6, 6.07) is 12.2. The molecule has 1 saturated carbocycles. The smallest absolute Gasteiger partial charge is 0.421 e. The van der Waals surface area contributed by atoms with E-state index in [4.69, 9.17) is 19.5 Å². The van der Waals surface area contributed by atoms with Crippen molar-refractivity contribution in [3.05, 3.63) is 81.8 Å². The van der Waals surface area contributed by atoms with E-state index < -0.39 is 17.1 Å². The van der Waals surface area contributed by atoms with Crippen LogP contribution in [0.4, 0.5) is 16.3 Å². The van der Waals surface area contributed by atoms with Crippen LogP contribution in [0.2, 0.25) is 0 Å². The van der Waals surface area contributed by atoms with Crippen molar-refractivity contribution in [3.8, 4) is 0 Å². The number of fused-ring (bicyclic) bond motifs is 3. The Morgan fingerprint density at radius 2 is 1.95 bits per heavy atom. The fourth-order valence-electron chi connectivity index (χ4n) is 6.16. The van der Waals surface area contributed by atoms with Gasteiger partial charge in [-0.25, -0.2) is 14.7 Å². The Morgan fingerprint density at radius 3 is 2.68 bits per heavy atom. The number of anilines is 2. The van der Waals surface area contributed by atoms with Gasteiger partial charge in [0, 0.05) is 23.6 Å². The summed E-state index contributed by atoms with van der Waals surface area (Å²) in [5.41, 5.74) is 6.05. The van der Waals surface area contributed by atoms with Crippen LogP contribution in [-0.4, -0.2) is 46.6 Å². The highest BCUT2D eigenvalue weighted by Gasteiger charge is 2.68. The van der Waals surface area contributed by atoms with Gasteiger partial charge in [-0.15, -0.1) is 0 Å². The number of rotatable bonds is 3. The van der Waals surface area contributed by atoms with E-state index in [1.807, 2.05) is 38.2 Å². The first-order valence-electron chi connectivity index (χ1n) is 14.1. The molecule has 1 N–H and O–H groups in total. The van der Waals surface area contributed by atoms with Crippen LogP contribution in [0.25, 0.3) is 0 Å². The number of ether oxygens (including phenoxy) is 2. The molecular formula is C32H33N5O4. The van der Waals surface area contributed by atoms with Gasteiger partial charge in [0.15, 0.2) is 5.82 Å². The standard InChI is InChI=1S/C32H33N5O4/c1-17-6-9-26-23(10-17)32(29(38)37(26)30(39)41-31(3,4)5)12-24(32)19-7-8-22-20(11-19)13-34-28(22)36-27-18(2)33-14-25(35-27)21-15-40-16-21/h6-11,14,21,24H,12-13,15-16H2,1-5H3,(H,34,35,36)/t24-,32-/m0/s1. The molecule has 2 fully saturated rings. The first-order valence-corrected chi connectivity index (χ1v) is 14.1. The molecule has 0 radical (unpaired) electrons. The van der Waals surface area contributed by atoms with Gasteiger partial charge in [-0.1, -0.05) is 35.9 Å². The predicted octanol–water partition coefficient (Wildman–Crippen LogP) is 5.29. The highest BCUT2D eigenvalue weighted by molar-refractivity contribution is 6.23. The average molecular weight is 552 g/mol. The summed E-state index contributed by atoms with van der Waals surface area (Å²) in [6.07, 6.45) is 1.85. The molecule has 1 aromatic heterocycles. The SMILES string of the molecule is Cc1ccc2c(c1)[C@]1(C[C@H]1c1ccc3c(c1)CN=C3Nc1nc(C3COC3)cnc1C)C(=O)N2C(=O)OC(C)(C)C. The fourth-order valence-corrected chi connectivity index (χ4v) is 6.16. The second kappa shape index (κ2) is 8.94. The quantitative estimate of drug-likeness (QED) is 0.472. The van der Waals surface area contributed by atoms with Crippen molar-refractivity contribution in [2.45, 2.75) is 70.4 Å². The van der Waals surface area contributed by atoms with Crippen LogP contribution >= 0.6 is 0 Å². The molecule has 2 amide bonds. The normalized spacial score (nSPS) is 22.8. The topological polar surface area (TPSA) is 106 Å². The lowest BCUT2D eigenvalue weighted by molar-refractivity contribution is -0.120. The number of hydrogen-bond acceptors (Lipinski definition) is 8. The number of amidine groups is 1. The van der Waals surface area contributed by atoms with Crippen molar-refractivity contribution in [2.24, 2.45) is 4.99 Å². The van der Waals surface area contributed by atoms with Crippen molar-refractivity contribution < 1.29 is 19.1 Å². The molecule has 4 aliphatic rings.